The Hall–Kier alpha value is -1.61. The molecule has 0 bridgehead atoms. The highest BCUT2D eigenvalue weighted by atomic mass is 35.5. The van der Waals surface area contributed by atoms with Gasteiger partial charge in [0.1, 0.15) is 12.2 Å². The molecule has 1 aliphatic heterocycles. The molecule has 1 aromatic carbocycles. The molecule has 2 N–H and O–H groups in total. The molecule has 1 heterocycles. The molecule has 5 nitrogen and oxygen atoms in total. The summed E-state index contributed by atoms with van der Waals surface area (Å²) in [5.41, 5.74) is 0.821. The lowest BCUT2D eigenvalue weighted by molar-refractivity contribution is -0.124. The highest BCUT2D eigenvalue weighted by Gasteiger charge is 2.21. The maximum Gasteiger partial charge on any atom is 0.254 e. The highest BCUT2D eigenvalue weighted by molar-refractivity contribution is 6.32. The number of benzene rings is 1. The van der Waals surface area contributed by atoms with Gasteiger partial charge in [-0.2, -0.15) is 5.26 Å². The fourth-order valence-electron chi connectivity index (χ4n) is 2.20. The monoisotopic (exact) mass is 293 g/mol. The van der Waals surface area contributed by atoms with Gasteiger partial charge < -0.3 is 15.3 Å². The molecular weight excluding hydrogens is 278 g/mol. The minimum Gasteiger partial charge on any atom is -0.382 e. The van der Waals surface area contributed by atoms with Crippen molar-refractivity contribution in [2.45, 2.75) is 18.9 Å². The number of amides is 1. The Labute approximate surface area is 122 Å². The lowest BCUT2D eigenvalue weighted by Crippen LogP contribution is -2.38. The normalized spacial score (nSPS) is 16.6. The molecule has 0 aromatic heterocycles. The standard InChI is InChI=1S/C14H16ClN3O2/c15-12-7-11(4-3-10(12)8-16)17-14(20)13(19)9-18-5-1-2-6-18/h3-4,7,13,19H,1-2,5-6,9H2,(H,17,20)/t13-/m0/s1. The average Bonchev–Trinajstić information content (AvgIpc) is 2.91. The summed E-state index contributed by atoms with van der Waals surface area (Å²) in [6, 6.07) is 6.57. The molecule has 1 fully saturated rings. The topological polar surface area (TPSA) is 76.4 Å². The summed E-state index contributed by atoms with van der Waals surface area (Å²) in [5.74, 6) is -0.460. The molecular formula is C14H16ClN3O2. The summed E-state index contributed by atoms with van der Waals surface area (Å²) >= 11 is 5.89. The fourth-order valence-corrected chi connectivity index (χ4v) is 2.42. The summed E-state index contributed by atoms with van der Waals surface area (Å²) in [5, 5.41) is 21.5. The zero-order chi connectivity index (χ0) is 14.5. The lowest BCUT2D eigenvalue weighted by atomic mass is 10.2. The predicted octanol–water partition coefficient (Wildman–Crippen LogP) is 1.61. The Morgan fingerprint density at radius 2 is 2.20 bits per heavy atom. The number of nitrogens with zero attached hydrogens (tertiary/aromatic N) is 2. The van der Waals surface area contributed by atoms with Crippen LogP contribution in [0.1, 0.15) is 18.4 Å². The van der Waals surface area contributed by atoms with Crippen molar-refractivity contribution >= 4 is 23.2 Å². The second kappa shape index (κ2) is 6.71. The Kier molecular flexibility index (Phi) is 4.96. The van der Waals surface area contributed by atoms with Crippen LogP contribution in [0.4, 0.5) is 5.69 Å². The quantitative estimate of drug-likeness (QED) is 0.884. The number of hydrogen-bond acceptors (Lipinski definition) is 4. The molecule has 1 aromatic rings. The Morgan fingerprint density at radius 3 is 2.80 bits per heavy atom. The number of carbonyl (C=O) groups is 1. The van der Waals surface area contributed by atoms with Gasteiger partial charge in [0, 0.05) is 12.2 Å². The molecule has 1 atom stereocenters. The summed E-state index contributed by atoms with van der Waals surface area (Å²) in [6.45, 7) is 2.19. The number of halogens is 1. The van der Waals surface area contributed by atoms with Crippen LogP contribution in [0.25, 0.3) is 0 Å². The zero-order valence-electron chi connectivity index (χ0n) is 11.0. The van der Waals surface area contributed by atoms with Crippen LogP contribution in [-0.4, -0.2) is 41.7 Å². The molecule has 0 unspecified atom stereocenters. The first kappa shape index (κ1) is 14.8. The van der Waals surface area contributed by atoms with Crippen LogP contribution in [0.2, 0.25) is 5.02 Å². The Balaban J connectivity index is 1.93. The number of likely N-dealkylation sites (tertiary alicyclic amines) is 1. The van der Waals surface area contributed by atoms with Gasteiger partial charge in [0.05, 0.1) is 10.6 Å². The minimum absolute atomic E-state index is 0.277. The summed E-state index contributed by atoms with van der Waals surface area (Å²) < 4.78 is 0. The van der Waals surface area contributed by atoms with E-state index in [4.69, 9.17) is 16.9 Å². The maximum atomic E-state index is 11.9. The molecule has 1 amide bonds. The number of β-amino-alcohol motifs (C(OH)–C–C–N with tert-alkyl or cyclic N) is 1. The van der Waals surface area contributed by atoms with Crippen LogP contribution in [0.15, 0.2) is 18.2 Å². The third kappa shape index (κ3) is 3.70. The van der Waals surface area contributed by atoms with Crippen LogP contribution in [-0.2, 0) is 4.79 Å². The van der Waals surface area contributed by atoms with E-state index in [0.29, 0.717) is 17.8 Å². The van der Waals surface area contributed by atoms with E-state index in [1.807, 2.05) is 6.07 Å². The number of nitrogens with one attached hydrogen (secondary N) is 1. The summed E-state index contributed by atoms with van der Waals surface area (Å²) in [7, 11) is 0. The molecule has 1 aliphatic rings. The van der Waals surface area contributed by atoms with E-state index in [1.165, 1.54) is 12.1 Å². The van der Waals surface area contributed by atoms with Crippen LogP contribution in [0.3, 0.4) is 0 Å². The molecule has 2 rings (SSSR count). The predicted molar refractivity (Wildman–Crippen MR) is 76.5 cm³/mol. The SMILES string of the molecule is N#Cc1ccc(NC(=O)[C@@H](O)CN2CCCC2)cc1Cl. The van der Waals surface area contributed by atoms with E-state index in [0.717, 1.165) is 25.9 Å². The van der Waals surface area contributed by atoms with Gasteiger partial charge in [-0.25, -0.2) is 0 Å². The second-order valence-electron chi connectivity index (χ2n) is 4.82. The van der Waals surface area contributed by atoms with E-state index in [-0.39, 0.29) is 5.02 Å². The number of hydrogen-bond donors (Lipinski definition) is 2. The number of carbonyl (C=O) groups excluding carboxylic acids is 1. The number of nitriles is 1. The van der Waals surface area contributed by atoms with Crippen LogP contribution >= 0.6 is 11.6 Å². The Bertz CT molecular complexity index is 536. The number of aliphatic hydroxyl groups excluding tert-OH is 1. The first-order valence-electron chi connectivity index (χ1n) is 6.51. The van der Waals surface area contributed by atoms with Gasteiger partial charge in [-0.3, -0.25) is 4.79 Å². The lowest BCUT2D eigenvalue weighted by Gasteiger charge is -2.18. The van der Waals surface area contributed by atoms with E-state index in [2.05, 4.69) is 10.2 Å². The maximum absolute atomic E-state index is 11.9. The zero-order valence-corrected chi connectivity index (χ0v) is 11.7. The average molecular weight is 294 g/mol. The second-order valence-corrected chi connectivity index (χ2v) is 5.23. The molecule has 0 spiro atoms. The molecule has 20 heavy (non-hydrogen) atoms. The molecule has 0 radical (unpaired) electrons. The summed E-state index contributed by atoms with van der Waals surface area (Å²) in [4.78, 5) is 13.9. The van der Waals surface area contributed by atoms with Crippen molar-refractivity contribution in [2.24, 2.45) is 0 Å². The van der Waals surface area contributed by atoms with Gasteiger partial charge in [-0.15, -0.1) is 0 Å². The third-order valence-electron chi connectivity index (χ3n) is 3.29. The number of rotatable bonds is 4. The van der Waals surface area contributed by atoms with Crippen molar-refractivity contribution in [2.75, 3.05) is 25.0 Å². The minimum atomic E-state index is -1.07. The van der Waals surface area contributed by atoms with Crippen LogP contribution in [0.5, 0.6) is 0 Å². The first-order chi connectivity index (χ1) is 9.60. The molecule has 6 heteroatoms. The van der Waals surface area contributed by atoms with Gasteiger partial charge >= 0.3 is 0 Å². The third-order valence-corrected chi connectivity index (χ3v) is 3.60. The Morgan fingerprint density at radius 1 is 1.50 bits per heavy atom. The number of anilines is 1. The van der Waals surface area contributed by atoms with Crippen molar-refractivity contribution < 1.29 is 9.90 Å². The van der Waals surface area contributed by atoms with Gasteiger partial charge in [0.2, 0.25) is 0 Å². The van der Waals surface area contributed by atoms with Crippen molar-refractivity contribution in [3.05, 3.63) is 28.8 Å². The van der Waals surface area contributed by atoms with E-state index in [1.54, 1.807) is 6.07 Å². The van der Waals surface area contributed by atoms with E-state index < -0.39 is 12.0 Å². The molecule has 0 aliphatic carbocycles. The first-order valence-corrected chi connectivity index (χ1v) is 6.89. The van der Waals surface area contributed by atoms with Gasteiger partial charge in [-0.05, 0) is 44.1 Å². The van der Waals surface area contributed by atoms with Crippen LogP contribution in [0, 0.1) is 11.3 Å². The molecule has 0 saturated carbocycles. The van der Waals surface area contributed by atoms with Crippen molar-refractivity contribution in [3.63, 3.8) is 0 Å². The van der Waals surface area contributed by atoms with Gasteiger partial charge in [0.25, 0.3) is 5.91 Å². The van der Waals surface area contributed by atoms with Crippen molar-refractivity contribution in [1.29, 1.82) is 5.26 Å². The smallest absolute Gasteiger partial charge is 0.254 e. The van der Waals surface area contributed by atoms with Gasteiger partial charge in [0.15, 0.2) is 0 Å². The fraction of sp³-hybridized carbons (Fsp3) is 0.429. The van der Waals surface area contributed by atoms with E-state index in [9.17, 15) is 9.90 Å². The van der Waals surface area contributed by atoms with Crippen molar-refractivity contribution in [3.8, 4) is 6.07 Å². The highest BCUT2D eigenvalue weighted by Crippen LogP contribution is 2.20. The van der Waals surface area contributed by atoms with E-state index >= 15 is 0 Å². The molecule has 1 saturated heterocycles. The van der Waals surface area contributed by atoms with Crippen LogP contribution < -0.4 is 5.32 Å². The number of aliphatic hydroxyl groups is 1. The van der Waals surface area contributed by atoms with Crippen molar-refractivity contribution in [1.82, 2.24) is 4.90 Å². The summed E-state index contributed by atoms with van der Waals surface area (Å²) in [6.07, 6.45) is 1.15. The van der Waals surface area contributed by atoms with Gasteiger partial charge in [-0.1, -0.05) is 11.6 Å². The molecule has 106 valence electrons. The largest absolute Gasteiger partial charge is 0.382 e.